The molecule has 3 aromatic carbocycles. The molecule has 0 aliphatic rings. The molecule has 146 valence electrons. The van der Waals surface area contributed by atoms with E-state index in [9.17, 15) is 14.4 Å². The molecule has 0 bridgehead atoms. The SMILES string of the molecule is CC(=O)Nc1cccc(NC(=O)c2ccc(C(=O)Nc3ccccc3C)cc2)c1. The molecular formula is C23H21N3O3. The number of rotatable bonds is 5. The van der Waals surface area contributed by atoms with E-state index in [2.05, 4.69) is 16.0 Å². The second-order valence-electron chi connectivity index (χ2n) is 6.56. The molecule has 0 unspecified atom stereocenters. The summed E-state index contributed by atoms with van der Waals surface area (Å²) in [7, 11) is 0. The van der Waals surface area contributed by atoms with Crippen LogP contribution >= 0.6 is 0 Å². The lowest BCUT2D eigenvalue weighted by molar-refractivity contribution is -0.114. The Balaban J connectivity index is 1.66. The molecule has 29 heavy (non-hydrogen) atoms. The van der Waals surface area contributed by atoms with Gasteiger partial charge in [-0.1, -0.05) is 24.3 Å². The third-order valence-corrected chi connectivity index (χ3v) is 4.24. The number of hydrogen-bond acceptors (Lipinski definition) is 3. The summed E-state index contributed by atoms with van der Waals surface area (Å²) in [6.45, 7) is 3.34. The number of hydrogen-bond donors (Lipinski definition) is 3. The van der Waals surface area contributed by atoms with Gasteiger partial charge < -0.3 is 16.0 Å². The second kappa shape index (κ2) is 8.84. The van der Waals surface area contributed by atoms with Crippen molar-refractivity contribution in [1.29, 1.82) is 0 Å². The summed E-state index contributed by atoms with van der Waals surface area (Å²) in [4.78, 5) is 36.0. The van der Waals surface area contributed by atoms with Crippen molar-refractivity contribution in [2.45, 2.75) is 13.8 Å². The highest BCUT2D eigenvalue weighted by Gasteiger charge is 2.11. The molecule has 0 aromatic heterocycles. The number of carbonyl (C=O) groups excluding carboxylic acids is 3. The van der Waals surface area contributed by atoms with Crippen LogP contribution in [0.1, 0.15) is 33.2 Å². The molecule has 0 saturated heterocycles. The van der Waals surface area contributed by atoms with E-state index in [0.29, 0.717) is 22.5 Å². The van der Waals surface area contributed by atoms with Crippen molar-refractivity contribution >= 4 is 34.8 Å². The Morgan fingerprint density at radius 2 is 1.21 bits per heavy atom. The zero-order chi connectivity index (χ0) is 20.8. The molecule has 3 aromatic rings. The summed E-state index contributed by atoms with van der Waals surface area (Å²) in [5.74, 6) is -0.738. The van der Waals surface area contributed by atoms with Crippen molar-refractivity contribution in [3.8, 4) is 0 Å². The summed E-state index contributed by atoms with van der Waals surface area (Å²) in [6, 6.07) is 20.8. The first kappa shape index (κ1) is 19.8. The van der Waals surface area contributed by atoms with E-state index in [1.807, 2.05) is 31.2 Å². The summed E-state index contributed by atoms with van der Waals surface area (Å²) >= 11 is 0. The molecule has 3 rings (SSSR count). The lowest BCUT2D eigenvalue weighted by atomic mass is 10.1. The van der Waals surface area contributed by atoms with Crippen LogP contribution in [0.5, 0.6) is 0 Å². The smallest absolute Gasteiger partial charge is 0.255 e. The van der Waals surface area contributed by atoms with Crippen LogP contribution in [-0.4, -0.2) is 17.7 Å². The number of anilines is 3. The van der Waals surface area contributed by atoms with Crippen LogP contribution in [0.25, 0.3) is 0 Å². The van der Waals surface area contributed by atoms with Crippen LogP contribution < -0.4 is 16.0 Å². The molecule has 3 amide bonds. The van der Waals surface area contributed by atoms with Crippen LogP contribution in [0.2, 0.25) is 0 Å². The van der Waals surface area contributed by atoms with Crippen LogP contribution in [0, 0.1) is 6.92 Å². The number of nitrogens with one attached hydrogen (secondary N) is 3. The lowest BCUT2D eigenvalue weighted by Gasteiger charge is -2.10. The van der Waals surface area contributed by atoms with Gasteiger partial charge in [-0.2, -0.15) is 0 Å². The van der Waals surface area contributed by atoms with Crippen LogP contribution in [0.4, 0.5) is 17.1 Å². The average Bonchev–Trinajstić information content (AvgIpc) is 2.69. The van der Waals surface area contributed by atoms with Crippen molar-refractivity contribution in [1.82, 2.24) is 0 Å². The molecule has 0 radical (unpaired) electrons. The molecule has 0 saturated carbocycles. The van der Waals surface area contributed by atoms with Gasteiger partial charge in [0.15, 0.2) is 0 Å². The Labute approximate surface area is 169 Å². The molecular weight excluding hydrogens is 366 g/mol. The molecule has 0 heterocycles. The van der Waals surface area contributed by atoms with Gasteiger partial charge in [-0.25, -0.2) is 0 Å². The average molecular weight is 387 g/mol. The van der Waals surface area contributed by atoms with Gasteiger partial charge in [-0.3, -0.25) is 14.4 Å². The summed E-state index contributed by atoms with van der Waals surface area (Å²) in [6.07, 6.45) is 0. The maximum absolute atomic E-state index is 12.5. The van der Waals surface area contributed by atoms with Gasteiger partial charge >= 0.3 is 0 Å². The Hall–Kier alpha value is -3.93. The molecule has 0 aliphatic carbocycles. The van der Waals surface area contributed by atoms with E-state index < -0.39 is 0 Å². The summed E-state index contributed by atoms with van der Waals surface area (Å²) in [5.41, 5.74) is 3.75. The standard InChI is InChI=1S/C23H21N3O3/c1-15-6-3-4-9-21(15)26-23(29)18-12-10-17(11-13-18)22(28)25-20-8-5-7-19(14-20)24-16(2)27/h3-14H,1-2H3,(H,24,27)(H,25,28)(H,26,29). The molecule has 0 atom stereocenters. The van der Waals surface area contributed by atoms with Crippen LogP contribution in [0.15, 0.2) is 72.8 Å². The topological polar surface area (TPSA) is 87.3 Å². The van der Waals surface area contributed by atoms with Gasteiger partial charge in [0.05, 0.1) is 0 Å². The monoisotopic (exact) mass is 387 g/mol. The molecule has 0 fully saturated rings. The first-order valence-electron chi connectivity index (χ1n) is 9.08. The fourth-order valence-corrected chi connectivity index (χ4v) is 2.76. The minimum Gasteiger partial charge on any atom is -0.326 e. The fraction of sp³-hybridized carbons (Fsp3) is 0.0870. The van der Waals surface area contributed by atoms with Gasteiger partial charge in [0.2, 0.25) is 5.91 Å². The van der Waals surface area contributed by atoms with Crippen molar-refractivity contribution in [2.75, 3.05) is 16.0 Å². The predicted octanol–water partition coefficient (Wildman–Crippen LogP) is 4.46. The largest absolute Gasteiger partial charge is 0.326 e. The van der Waals surface area contributed by atoms with Gasteiger partial charge in [0.25, 0.3) is 11.8 Å². The zero-order valence-corrected chi connectivity index (χ0v) is 16.2. The zero-order valence-electron chi connectivity index (χ0n) is 16.2. The highest BCUT2D eigenvalue weighted by Crippen LogP contribution is 2.17. The maximum atomic E-state index is 12.5. The number of amides is 3. The third kappa shape index (κ3) is 5.29. The Bertz CT molecular complexity index is 1060. The van der Waals surface area contributed by atoms with Crippen LogP contribution in [0.3, 0.4) is 0 Å². The molecule has 6 heteroatoms. The van der Waals surface area contributed by atoms with E-state index >= 15 is 0 Å². The minimum absolute atomic E-state index is 0.187. The number of benzene rings is 3. The van der Waals surface area contributed by atoms with Crippen LogP contribution in [-0.2, 0) is 4.79 Å². The summed E-state index contributed by atoms with van der Waals surface area (Å²) in [5, 5.41) is 8.31. The van der Waals surface area contributed by atoms with Crippen molar-refractivity contribution in [2.24, 2.45) is 0 Å². The third-order valence-electron chi connectivity index (χ3n) is 4.24. The molecule has 3 N–H and O–H groups in total. The van der Waals surface area contributed by atoms with E-state index in [-0.39, 0.29) is 17.7 Å². The Morgan fingerprint density at radius 1 is 0.655 bits per heavy atom. The van der Waals surface area contributed by atoms with Gasteiger partial charge in [-0.15, -0.1) is 0 Å². The molecule has 0 spiro atoms. The quantitative estimate of drug-likeness (QED) is 0.604. The Morgan fingerprint density at radius 3 is 1.79 bits per heavy atom. The first-order chi connectivity index (χ1) is 13.9. The van der Waals surface area contributed by atoms with Gasteiger partial charge in [0.1, 0.15) is 0 Å². The van der Waals surface area contributed by atoms with Crippen molar-refractivity contribution in [3.05, 3.63) is 89.5 Å². The summed E-state index contributed by atoms with van der Waals surface area (Å²) < 4.78 is 0. The Kier molecular flexibility index (Phi) is 6.04. The molecule has 0 aliphatic heterocycles. The number of carbonyl (C=O) groups is 3. The van der Waals surface area contributed by atoms with E-state index in [0.717, 1.165) is 11.3 Å². The van der Waals surface area contributed by atoms with E-state index in [1.165, 1.54) is 6.92 Å². The fourth-order valence-electron chi connectivity index (χ4n) is 2.76. The first-order valence-corrected chi connectivity index (χ1v) is 9.08. The van der Waals surface area contributed by atoms with Crippen molar-refractivity contribution < 1.29 is 14.4 Å². The van der Waals surface area contributed by atoms with Crippen molar-refractivity contribution in [3.63, 3.8) is 0 Å². The predicted molar refractivity (Wildman–Crippen MR) is 114 cm³/mol. The maximum Gasteiger partial charge on any atom is 0.255 e. The second-order valence-corrected chi connectivity index (χ2v) is 6.56. The lowest BCUT2D eigenvalue weighted by Crippen LogP contribution is -2.15. The van der Waals surface area contributed by atoms with E-state index in [1.54, 1.807) is 48.5 Å². The number of aryl methyl sites for hydroxylation is 1. The normalized spacial score (nSPS) is 10.1. The van der Waals surface area contributed by atoms with Gasteiger partial charge in [0, 0.05) is 35.1 Å². The minimum atomic E-state index is -0.309. The molecule has 6 nitrogen and oxygen atoms in total. The van der Waals surface area contributed by atoms with E-state index in [4.69, 9.17) is 0 Å². The number of para-hydroxylation sites is 1. The highest BCUT2D eigenvalue weighted by atomic mass is 16.2. The highest BCUT2D eigenvalue weighted by molar-refractivity contribution is 6.07. The van der Waals surface area contributed by atoms with Gasteiger partial charge in [-0.05, 0) is 61.0 Å².